The van der Waals surface area contributed by atoms with Gasteiger partial charge in [-0.3, -0.25) is 9.36 Å². The maximum absolute atomic E-state index is 12.5. The molecule has 1 N–H and O–H groups in total. The third kappa shape index (κ3) is 4.70. The molecule has 0 saturated carbocycles. The number of rotatable bonds is 7. The second-order valence-electron chi connectivity index (χ2n) is 6.29. The molecule has 2 aromatic carbocycles. The summed E-state index contributed by atoms with van der Waals surface area (Å²) in [7, 11) is 0. The highest BCUT2D eigenvalue weighted by Gasteiger charge is 2.18. The first-order valence-corrected chi connectivity index (χ1v) is 10.7. The fourth-order valence-corrected chi connectivity index (χ4v) is 4.04. The molecule has 4 rings (SSSR count). The molecule has 0 bridgehead atoms. The van der Waals surface area contributed by atoms with Crippen LogP contribution in [0.4, 0.5) is 5.69 Å². The van der Waals surface area contributed by atoms with Crippen molar-refractivity contribution in [3.63, 3.8) is 0 Å². The fraction of sp³-hybridized carbons (Fsp3) is 0.0952. The van der Waals surface area contributed by atoms with Crippen LogP contribution >= 0.6 is 35.0 Å². The zero-order valence-electron chi connectivity index (χ0n) is 15.6. The highest BCUT2D eigenvalue weighted by molar-refractivity contribution is 7.99. The third-order valence-electron chi connectivity index (χ3n) is 4.20. The summed E-state index contributed by atoms with van der Waals surface area (Å²) in [5.41, 5.74) is 1.48. The molecule has 0 fully saturated rings. The summed E-state index contributed by atoms with van der Waals surface area (Å²) in [5.74, 6) is 1.08. The molecule has 30 heavy (non-hydrogen) atoms. The van der Waals surface area contributed by atoms with E-state index in [0.29, 0.717) is 39.0 Å². The summed E-state index contributed by atoms with van der Waals surface area (Å²) in [6.45, 7) is 0.546. The summed E-state index contributed by atoms with van der Waals surface area (Å²) in [4.78, 5) is 12.5. The van der Waals surface area contributed by atoms with Crippen molar-refractivity contribution < 1.29 is 9.21 Å². The van der Waals surface area contributed by atoms with Crippen molar-refractivity contribution in [2.45, 2.75) is 11.7 Å². The molecule has 6 nitrogen and oxygen atoms in total. The molecule has 2 aromatic heterocycles. The average molecular weight is 459 g/mol. The second-order valence-corrected chi connectivity index (χ2v) is 8.05. The van der Waals surface area contributed by atoms with E-state index in [2.05, 4.69) is 15.5 Å². The van der Waals surface area contributed by atoms with Gasteiger partial charge in [-0.1, -0.05) is 71.4 Å². The number of thioether (sulfide) groups is 1. The predicted octanol–water partition coefficient (Wildman–Crippen LogP) is 5.62. The Morgan fingerprint density at radius 1 is 1.00 bits per heavy atom. The van der Waals surface area contributed by atoms with Gasteiger partial charge in [0.05, 0.1) is 34.3 Å². The minimum atomic E-state index is -0.246. The van der Waals surface area contributed by atoms with Crippen molar-refractivity contribution in [3.8, 4) is 11.6 Å². The Hall–Kier alpha value is -2.74. The molecule has 152 valence electrons. The third-order valence-corrected chi connectivity index (χ3v) is 5.80. The topological polar surface area (TPSA) is 73.0 Å². The molecule has 0 atom stereocenters. The van der Waals surface area contributed by atoms with Gasteiger partial charge in [0.2, 0.25) is 11.7 Å². The van der Waals surface area contributed by atoms with Crippen LogP contribution in [0.25, 0.3) is 11.6 Å². The number of nitrogens with one attached hydrogen (secondary N) is 1. The van der Waals surface area contributed by atoms with E-state index >= 15 is 0 Å². The van der Waals surface area contributed by atoms with Crippen molar-refractivity contribution in [3.05, 3.63) is 82.5 Å². The first-order chi connectivity index (χ1) is 14.6. The van der Waals surface area contributed by atoms with Crippen LogP contribution in [0, 0.1) is 0 Å². The minimum Gasteiger partial charge on any atom is -0.461 e. The lowest BCUT2D eigenvalue weighted by molar-refractivity contribution is -0.113. The number of nitrogens with zero attached hydrogens (tertiary/aromatic N) is 3. The summed E-state index contributed by atoms with van der Waals surface area (Å²) in [6.07, 6.45) is 1.59. The molecule has 2 heterocycles. The summed E-state index contributed by atoms with van der Waals surface area (Å²) in [5, 5.41) is 12.7. The van der Waals surface area contributed by atoms with Gasteiger partial charge in [-0.05, 0) is 29.8 Å². The lowest BCUT2D eigenvalue weighted by Gasteiger charge is -2.10. The van der Waals surface area contributed by atoms with E-state index in [4.69, 9.17) is 27.6 Å². The maximum atomic E-state index is 12.5. The number of furan rings is 1. The van der Waals surface area contributed by atoms with E-state index < -0.39 is 0 Å². The Morgan fingerprint density at radius 3 is 2.47 bits per heavy atom. The molecule has 0 radical (unpaired) electrons. The van der Waals surface area contributed by atoms with Crippen LogP contribution in [0.5, 0.6) is 0 Å². The highest BCUT2D eigenvalue weighted by Crippen LogP contribution is 2.30. The molecule has 1 amide bonds. The van der Waals surface area contributed by atoms with E-state index in [0.717, 1.165) is 5.56 Å². The zero-order valence-corrected chi connectivity index (χ0v) is 17.9. The summed E-state index contributed by atoms with van der Waals surface area (Å²) >= 11 is 13.5. The maximum Gasteiger partial charge on any atom is 0.234 e. The summed E-state index contributed by atoms with van der Waals surface area (Å²) < 4.78 is 7.43. The number of carbonyl (C=O) groups excluding carboxylic acids is 1. The molecule has 0 spiro atoms. The minimum absolute atomic E-state index is 0.118. The monoisotopic (exact) mass is 458 g/mol. The number of halogens is 2. The Bertz CT molecular complexity index is 1130. The van der Waals surface area contributed by atoms with Crippen molar-refractivity contribution in [1.82, 2.24) is 14.8 Å². The Balaban J connectivity index is 1.53. The van der Waals surface area contributed by atoms with E-state index in [9.17, 15) is 4.79 Å². The van der Waals surface area contributed by atoms with Crippen LogP contribution in [0.1, 0.15) is 5.56 Å². The fourth-order valence-electron chi connectivity index (χ4n) is 2.81. The predicted molar refractivity (Wildman–Crippen MR) is 119 cm³/mol. The van der Waals surface area contributed by atoms with Crippen molar-refractivity contribution in [2.24, 2.45) is 0 Å². The van der Waals surface area contributed by atoms with Crippen molar-refractivity contribution >= 4 is 46.6 Å². The van der Waals surface area contributed by atoms with E-state index in [1.807, 2.05) is 41.0 Å². The van der Waals surface area contributed by atoms with Crippen LogP contribution < -0.4 is 5.32 Å². The lowest BCUT2D eigenvalue weighted by atomic mass is 10.2. The second kappa shape index (κ2) is 9.38. The molecular weight excluding hydrogens is 443 g/mol. The Labute approximate surface area is 187 Å². The zero-order chi connectivity index (χ0) is 20.9. The van der Waals surface area contributed by atoms with Crippen molar-refractivity contribution in [1.29, 1.82) is 0 Å². The van der Waals surface area contributed by atoms with Crippen LogP contribution in [-0.4, -0.2) is 26.4 Å². The molecule has 0 saturated heterocycles. The standard InChI is InChI=1S/C21H16Cl2N4O2S/c22-15-8-4-9-16(23)19(15)24-18(28)13-30-21-26-25-20(17-10-5-11-29-17)27(21)12-14-6-2-1-3-7-14/h1-11H,12-13H2,(H,24,28). The van der Waals surface area contributed by atoms with Gasteiger partial charge in [0, 0.05) is 0 Å². The van der Waals surface area contributed by atoms with Crippen LogP contribution in [0.3, 0.4) is 0 Å². The normalized spacial score (nSPS) is 10.9. The molecule has 0 aliphatic heterocycles. The van der Waals surface area contributed by atoms with Gasteiger partial charge in [0.15, 0.2) is 10.9 Å². The molecule has 0 unspecified atom stereocenters. The van der Waals surface area contributed by atoms with Gasteiger partial charge >= 0.3 is 0 Å². The number of hydrogen-bond donors (Lipinski definition) is 1. The van der Waals surface area contributed by atoms with Gasteiger partial charge in [-0.15, -0.1) is 10.2 Å². The van der Waals surface area contributed by atoms with Crippen LogP contribution in [0.15, 0.2) is 76.5 Å². The van der Waals surface area contributed by atoms with Gasteiger partial charge < -0.3 is 9.73 Å². The highest BCUT2D eigenvalue weighted by atomic mass is 35.5. The molecular formula is C21H16Cl2N4O2S. The molecule has 0 aliphatic rings. The number of amides is 1. The van der Waals surface area contributed by atoms with Crippen molar-refractivity contribution in [2.75, 3.05) is 11.1 Å². The quantitative estimate of drug-likeness (QED) is 0.363. The van der Waals surface area contributed by atoms with E-state index in [1.165, 1.54) is 11.8 Å². The number of hydrogen-bond acceptors (Lipinski definition) is 5. The smallest absolute Gasteiger partial charge is 0.234 e. The summed E-state index contributed by atoms with van der Waals surface area (Å²) in [6, 6.07) is 18.6. The molecule has 4 aromatic rings. The largest absolute Gasteiger partial charge is 0.461 e. The number of para-hydroxylation sites is 1. The Kier molecular flexibility index (Phi) is 6.42. The number of benzene rings is 2. The van der Waals surface area contributed by atoms with Gasteiger partial charge in [-0.25, -0.2) is 0 Å². The average Bonchev–Trinajstić information content (AvgIpc) is 3.40. The van der Waals surface area contributed by atoms with Gasteiger partial charge in [0.25, 0.3) is 0 Å². The lowest BCUT2D eigenvalue weighted by Crippen LogP contribution is -2.15. The first-order valence-electron chi connectivity index (χ1n) is 8.99. The number of aromatic nitrogens is 3. The number of anilines is 1. The van der Waals surface area contributed by atoms with Gasteiger partial charge in [0.1, 0.15) is 0 Å². The SMILES string of the molecule is O=C(CSc1nnc(-c2ccco2)n1Cc1ccccc1)Nc1c(Cl)cccc1Cl. The van der Waals surface area contributed by atoms with Crippen LogP contribution in [-0.2, 0) is 11.3 Å². The van der Waals surface area contributed by atoms with E-state index in [1.54, 1.807) is 30.5 Å². The molecule has 9 heteroatoms. The van der Waals surface area contributed by atoms with E-state index in [-0.39, 0.29) is 11.7 Å². The van der Waals surface area contributed by atoms with Gasteiger partial charge in [-0.2, -0.15) is 0 Å². The first kappa shape index (κ1) is 20.5. The van der Waals surface area contributed by atoms with Crippen LogP contribution in [0.2, 0.25) is 10.0 Å². The molecule has 0 aliphatic carbocycles. The number of carbonyl (C=O) groups is 1. The Morgan fingerprint density at radius 2 is 1.77 bits per heavy atom.